The quantitative estimate of drug-likeness (QED) is 0.802. The number of nitriles is 1. The molecule has 1 aromatic carbocycles. The summed E-state index contributed by atoms with van der Waals surface area (Å²) in [6.45, 7) is 2.80. The summed E-state index contributed by atoms with van der Waals surface area (Å²) in [5.74, 6) is 0. The lowest BCUT2D eigenvalue weighted by atomic mass is 10.1. The molecule has 0 N–H and O–H groups in total. The van der Waals surface area contributed by atoms with Crippen LogP contribution in [0.5, 0.6) is 0 Å². The van der Waals surface area contributed by atoms with Crippen LogP contribution in [0, 0.1) is 11.3 Å². The Labute approximate surface area is 101 Å². The van der Waals surface area contributed by atoms with Crippen LogP contribution in [0.25, 0.3) is 11.1 Å². The highest BCUT2D eigenvalue weighted by atomic mass is 15.3. The number of nitrogens with zero attached hydrogens (tertiary/aromatic N) is 3. The zero-order chi connectivity index (χ0) is 12.1. The van der Waals surface area contributed by atoms with Crippen LogP contribution >= 0.6 is 0 Å². The van der Waals surface area contributed by atoms with Gasteiger partial charge in [0, 0.05) is 11.8 Å². The van der Waals surface area contributed by atoms with Gasteiger partial charge in [0.1, 0.15) is 0 Å². The van der Waals surface area contributed by atoms with Crippen molar-refractivity contribution in [3.05, 3.63) is 42.2 Å². The minimum absolute atomic E-state index is 0.496. The molecule has 0 aliphatic carbocycles. The first kappa shape index (κ1) is 11.4. The van der Waals surface area contributed by atoms with E-state index < -0.39 is 0 Å². The summed E-state index contributed by atoms with van der Waals surface area (Å²) in [5.41, 5.74) is 3.61. The molecule has 0 radical (unpaired) electrons. The SMILES string of the molecule is CCc1ccc(-c2cnn(CCC#N)c2)cc1. The smallest absolute Gasteiger partial charge is 0.0641 e. The van der Waals surface area contributed by atoms with Crippen molar-refractivity contribution in [1.82, 2.24) is 9.78 Å². The molecule has 2 aromatic rings. The van der Waals surface area contributed by atoms with Gasteiger partial charge in [-0.05, 0) is 17.5 Å². The number of benzene rings is 1. The van der Waals surface area contributed by atoms with E-state index in [9.17, 15) is 0 Å². The molecule has 1 aromatic heterocycles. The first-order valence-corrected chi connectivity index (χ1v) is 5.82. The normalized spacial score (nSPS) is 10.1. The van der Waals surface area contributed by atoms with Crippen molar-refractivity contribution in [2.75, 3.05) is 0 Å². The predicted octanol–water partition coefficient (Wildman–Crippen LogP) is 3.03. The van der Waals surface area contributed by atoms with Gasteiger partial charge in [-0.1, -0.05) is 31.2 Å². The van der Waals surface area contributed by atoms with Gasteiger partial charge in [-0.3, -0.25) is 4.68 Å². The summed E-state index contributed by atoms with van der Waals surface area (Å²) in [5, 5.41) is 12.8. The molecule has 86 valence electrons. The van der Waals surface area contributed by atoms with E-state index in [-0.39, 0.29) is 0 Å². The van der Waals surface area contributed by atoms with Gasteiger partial charge in [0.2, 0.25) is 0 Å². The van der Waals surface area contributed by atoms with Crippen LogP contribution in [0.1, 0.15) is 18.9 Å². The lowest BCUT2D eigenvalue weighted by molar-refractivity contribution is 0.628. The molecule has 0 bridgehead atoms. The number of hydrogen-bond acceptors (Lipinski definition) is 2. The van der Waals surface area contributed by atoms with E-state index in [0.717, 1.165) is 12.0 Å². The Hall–Kier alpha value is -2.08. The van der Waals surface area contributed by atoms with Crippen LogP contribution in [0.4, 0.5) is 0 Å². The van der Waals surface area contributed by atoms with Gasteiger partial charge in [0.15, 0.2) is 0 Å². The van der Waals surface area contributed by atoms with Crippen molar-refractivity contribution in [3.8, 4) is 17.2 Å². The minimum Gasteiger partial charge on any atom is -0.271 e. The van der Waals surface area contributed by atoms with Crippen LogP contribution in [0.3, 0.4) is 0 Å². The largest absolute Gasteiger partial charge is 0.271 e. The third-order valence-corrected chi connectivity index (χ3v) is 2.78. The van der Waals surface area contributed by atoms with E-state index >= 15 is 0 Å². The van der Waals surface area contributed by atoms with Crippen LogP contribution in [-0.2, 0) is 13.0 Å². The second-order valence-corrected chi connectivity index (χ2v) is 3.95. The molecular formula is C14H15N3. The summed E-state index contributed by atoms with van der Waals surface area (Å²) in [6.07, 6.45) is 5.38. The molecule has 0 aliphatic rings. The predicted molar refractivity (Wildman–Crippen MR) is 67.3 cm³/mol. The molecule has 0 unspecified atom stereocenters. The van der Waals surface area contributed by atoms with Crippen molar-refractivity contribution in [3.63, 3.8) is 0 Å². The summed E-state index contributed by atoms with van der Waals surface area (Å²) >= 11 is 0. The Balaban J connectivity index is 2.16. The van der Waals surface area contributed by atoms with Gasteiger partial charge >= 0.3 is 0 Å². The molecule has 2 rings (SSSR count). The molecule has 0 aliphatic heterocycles. The zero-order valence-electron chi connectivity index (χ0n) is 9.93. The Morgan fingerprint density at radius 2 is 2.00 bits per heavy atom. The average Bonchev–Trinajstić information content (AvgIpc) is 2.85. The molecule has 0 spiro atoms. The Kier molecular flexibility index (Phi) is 3.56. The summed E-state index contributed by atoms with van der Waals surface area (Å²) < 4.78 is 1.81. The van der Waals surface area contributed by atoms with Gasteiger partial charge in [-0.25, -0.2) is 0 Å². The monoisotopic (exact) mass is 225 g/mol. The standard InChI is InChI=1S/C14H15N3/c1-2-12-4-6-13(7-5-12)14-10-16-17(11-14)9-3-8-15/h4-7,10-11H,2-3,9H2,1H3. The van der Waals surface area contributed by atoms with Crippen LogP contribution in [0.15, 0.2) is 36.7 Å². The fourth-order valence-corrected chi connectivity index (χ4v) is 1.73. The van der Waals surface area contributed by atoms with E-state index in [1.54, 1.807) is 0 Å². The van der Waals surface area contributed by atoms with E-state index in [2.05, 4.69) is 42.4 Å². The van der Waals surface area contributed by atoms with E-state index in [1.807, 2.05) is 17.1 Å². The van der Waals surface area contributed by atoms with Crippen molar-refractivity contribution in [2.24, 2.45) is 0 Å². The van der Waals surface area contributed by atoms with E-state index in [1.165, 1.54) is 11.1 Å². The van der Waals surface area contributed by atoms with Crippen LogP contribution in [0.2, 0.25) is 0 Å². The maximum absolute atomic E-state index is 8.52. The van der Waals surface area contributed by atoms with E-state index in [4.69, 9.17) is 5.26 Å². The van der Waals surface area contributed by atoms with Gasteiger partial charge in [0.25, 0.3) is 0 Å². The zero-order valence-corrected chi connectivity index (χ0v) is 9.93. The molecule has 3 nitrogen and oxygen atoms in total. The highest BCUT2D eigenvalue weighted by Gasteiger charge is 2.01. The first-order chi connectivity index (χ1) is 8.33. The maximum atomic E-state index is 8.52. The van der Waals surface area contributed by atoms with Gasteiger partial charge in [0.05, 0.1) is 25.2 Å². The molecule has 0 fully saturated rings. The average molecular weight is 225 g/mol. The summed E-state index contributed by atoms with van der Waals surface area (Å²) in [6, 6.07) is 10.6. The van der Waals surface area contributed by atoms with E-state index in [0.29, 0.717) is 13.0 Å². The second-order valence-electron chi connectivity index (χ2n) is 3.95. The molecule has 17 heavy (non-hydrogen) atoms. The number of hydrogen-bond donors (Lipinski definition) is 0. The fraction of sp³-hybridized carbons (Fsp3) is 0.286. The van der Waals surface area contributed by atoms with Crippen molar-refractivity contribution < 1.29 is 0 Å². The molecule has 0 saturated carbocycles. The number of aromatic nitrogens is 2. The highest BCUT2D eigenvalue weighted by molar-refractivity contribution is 5.61. The third-order valence-electron chi connectivity index (χ3n) is 2.78. The fourth-order valence-electron chi connectivity index (χ4n) is 1.73. The molecular weight excluding hydrogens is 210 g/mol. The van der Waals surface area contributed by atoms with Crippen LogP contribution in [-0.4, -0.2) is 9.78 Å². The Bertz CT molecular complexity index is 517. The molecule has 3 heteroatoms. The highest BCUT2D eigenvalue weighted by Crippen LogP contribution is 2.19. The Morgan fingerprint density at radius 3 is 2.65 bits per heavy atom. The molecule has 0 saturated heterocycles. The molecule has 0 atom stereocenters. The molecule has 0 amide bonds. The van der Waals surface area contributed by atoms with Gasteiger partial charge in [-0.15, -0.1) is 0 Å². The molecule has 1 heterocycles. The minimum atomic E-state index is 0.496. The van der Waals surface area contributed by atoms with Crippen molar-refractivity contribution in [2.45, 2.75) is 26.3 Å². The number of rotatable bonds is 4. The van der Waals surface area contributed by atoms with Crippen molar-refractivity contribution >= 4 is 0 Å². The van der Waals surface area contributed by atoms with Gasteiger partial charge < -0.3 is 0 Å². The van der Waals surface area contributed by atoms with Crippen LogP contribution < -0.4 is 0 Å². The lowest BCUT2D eigenvalue weighted by Gasteiger charge is -1.99. The Morgan fingerprint density at radius 1 is 1.24 bits per heavy atom. The number of aryl methyl sites for hydroxylation is 2. The first-order valence-electron chi connectivity index (χ1n) is 5.82. The van der Waals surface area contributed by atoms with Crippen molar-refractivity contribution in [1.29, 1.82) is 5.26 Å². The van der Waals surface area contributed by atoms with Gasteiger partial charge in [-0.2, -0.15) is 10.4 Å². The summed E-state index contributed by atoms with van der Waals surface area (Å²) in [4.78, 5) is 0. The lowest BCUT2D eigenvalue weighted by Crippen LogP contribution is -1.96. The summed E-state index contributed by atoms with van der Waals surface area (Å²) in [7, 11) is 0. The topological polar surface area (TPSA) is 41.6 Å². The second kappa shape index (κ2) is 5.31. The third kappa shape index (κ3) is 2.73. The maximum Gasteiger partial charge on any atom is 0.0641 e.